The van der Waals surface area contributed by atoms with Crippen molar-refractivity contribution in [3.05, 3.63) is 39.9 Å². The lowest BCUT2D eigenvalue weighted by molar-refractivity contribution is 0.414. The molecule has 5 heteroatoms. The van der Waals surface area contributed by atoms with E-state index in [0.717, 1.165) is 17.1 Å². The van der Waals surface area contributed by atoms with E-state index in [4.69, 9.17) is 28.6 Å². The molecule has 1 aromatic heterocycles. The van der Waals surface area contributed by atoms with Crippen molar-refractivity contribution in [3.8, 4) is 11.4 Å². The fourth-order valence-electron chi connectivity index (χ4n) is 1.85. The Morgan fingerprint density at radius 2 is 2.11 bits per heavy atom. The highest BCUT2D eigenvalue weighted by Crippen LogP contribution is 2.29. The van der Waals surface area contributed by atoms with Crippen molar-refractivity contribution in [1.29, 1.82) is 0 Å². The summed E-state index contributed by atoms with van der Waals surface area (Å²) in [4.78, 5) is 3.06. The van der Waals surface area contributed by atoms with Crippen molar-refractivity contribution in [2.75, 3.05) is 7.11 Å². The maximum Gasteiger partial charge on any atom is 0.182 e. The Balaban J connectivity index is 2.68. The van der Waals surface area contributed by atoms with Gasteiger partial charge < -0.3 is 9.72 Å². The molecule has 0 radical (unpaired) electrons. The van der Waals surface area contributed by atoms with Gasteiger partial charge in [0.05, 0.1) is 17.8 Å². The van der Waals surface area contributed by atoms with Crippen LogP contribution in [0.4, 0.5) is 0 Å². The second kappa shape index (κ2) is 5.16. The average Bonchev–Trinajstić information content (AvgIpc) is 2.72. The molecule has 0 aliphatic heterocycles. The Labute approximate surface area is 116 Å². The third-order valence-electron chi connectivity index (χ3n) is 2.79. The first-order chi connectivity index (χ1) is 8.54. The summed E-state index contributed by atoms with van der Waals surface area (Å²) in [5.41, 5.74) is 1.93. The van der Waals surface area contributed by atoms with Crippen LogP contribution in [0.3, 0.4) is 0 Å². The van der Waals surface area contributed by atoms with E-state index in [1.165, 1.54) is 0 Å². The monoisotopic (exact) mass is 282 g/mol. The molecule has 0 aliphatic rings. The van der Waals surface area contributed by atoms with Crippen molar-refractivity contribution in [3.63, 3.8) is 0 Å². The molecule has 3 nitrogen and oxygen atoms in total. The minimum absolute atomic E-state index is 0.347. The third-order valence-corrected chi connectivity index (χ3v) is 3.41. The fraction of sp³-hybridized carbons (Fsp3) is 0.308. The predicted octanol–water partition coefficient (Wildman–Crippen LogP) is 4.32. The number of ether oxygens (including phenoxy) is 1. The van der Waals surface area contributed by atoms with Crippen molar-refractivity contribution in [2.45, 2.75) is 19.8 Å². The van der Waals surface area contributed by atoms with E-state index in [9.17, 15) is 0 Å². The zero-order chi connectivity index (χ0) is 13.3. The van der Waals surface area contributed by atoms with Gasteiger partial charge in [-0.25, -0.2) is 0 Å². The van der Waals surface area contributed by atoms with Gasteiger partial charge in [0.25, 0.3) is 0 Å². The summed E-state index contributed by atoms with van der Waals surface area (Å²) in [7, 11) is 1.63. The molecular formula is C13H15ClN2OS. The number of nitrogens with one attached hydrogen (secondary N) is 1. The molecule has 1 aromatic carbocycles. The summed E-state index contributed by atoms with van der Waals surface area (Å²) in [5.74, 6) is 1.10. The molecule has 1 N–H and O–H groups in total. The first-order valence-corrected chi connectivity index (χ1v) is 6.47. The van der Waals surface area contributed by atoms with Crippen LogP contribution in [0.25, 0.3) is 5.69 Å². The molecule has 18 heavy (non-hydrogen) atoms. The predicted molar refractivity (Wildman–Crippen MR) is 76.6 cm³/mol. The number of methoxy groups -OCH3 is 1. The summed E-state index contributed by atoms with van der Waals surface area (Å²) in [5, 5.41) is 0.647. The van der Waals surface area contributed by atoms with E-state index >= 15 is 0 Å². The van der Waals surface area contributed by atoms with Gasteiger partial charge >= 0.3 is 0 Å². The van der Waals surface area contributed by atoms with E-state index in [2.05, 4.69) is 18.8 Å². The lowest BCUT2D eigenvalue weighted by atomic mass is 10.1. The van der Waals surface area contributed by atoms with Gasteiger partial charge in [-0.1, -0.05) is 25.4 Å². The van der Waals surface area contributed by atoms with Gasteiger partial charge in [-0.15, -0.1) is 0 Å². The van der Waals surface area contributed by atoms with Crippen molar-refractivity contribution in [1.82, 2.24) is 9.55 Å². The van der Waals surface area contributed by atoms with Crippen LogP contribution in [0, 0.1) is 4.77 Å². The van der Waals surface area contributed by atoms with E-state index in [-0.39, 0.29) is 0 Å². The van der Waals surface area contributed by atoms with Gasteiger partial charge in [0.2, 0.25) is 0 Å². The summed E-state index contributed by atoms with van der Waals surface area (Å²) in [6.07, 6.45) is 1.92. The zero-order valence-electron chi connectivity index (χ0n) is 10.5. The first-order valence-electron chi connectivity index (χ1n) is 5.69. The van der Waals surface area contributed by atoms with Crippen molar-refractivity contribution < 1.29 is 4.74 Å². The molecule has 0 atom stereocenters. The van der Waals surface area contributed by atoms with E-state index in [1.54, 1.807) is 7.11 Å². The number of hydrogen-bond donors (Lipinski definition) is 1. The highest BCUT2D eigenvalue weighted by molar-refractivity contribution is 7.71. The molecular weight excluding hydrogens is 268 g/mol. The van der Waals surface area contributed by atoms with E-state index < -0.39 is 0 Å². The van der Waals surface area contributed by atoms with Crippen LogP contribution in [0.15, 0.2) is 24.4 Å². The third kappa shape index (κ3) is 2.31. The number of rotatable bonds is 3. The van der Waals surface area contributed by atoms with E-state index in [1.807, 2.05) is 29.0 Å². The smallest absolute Gasteiger partial charge is 0.182 e. The number of H-pyrrole nitrogens is 1. The number of nitrogens with zero attached hydrogens (tertiary/aromatic N) is 1. The molecule has 2 aromatic rings. The number of aromatic amines is 1. The molecule has 0 aliphatic carbocycles. The molecule has 2 rings (SSSR count). The molecule has 0 saturated carbocycles. The lowest BCUT2D eigenvalue weighted by Crippen LogP contribution is -2.03. The van der Waals surface area contributed by atoms with Crippen LogP contribution >= 0.6 is 23.8 Å². The summed E-state index contributed by atoms with van der Waals surface area (Å²) >= 11 is 11.6. The van der Waals surface area contributed by atoms with Crippen molar-refractivity contribution in [2.24, 2.45) is 0 Å². The van der Waals surface area contributed by atoms with Gasteiger partial charge in [-0.05, 0) is 30.3 Å². The second-order valence-electron chi connectivity index (χ2n) is 4.33. The van der Waals surface area contributed by atoms with Gasteiger partial charge in [-0.2, -0.15) is 0 Å². The molecule has 0 amide bonds. The van der Waals surface area contributed by atoms with Gasteiger partial charge in [0.15, 0.2) is 4.77 Å². The highest BCUT2D eigenvalue weighted by Gasteiger charge is 2.13. The zero-order valence-corrected chi connectivity index (χ0v) is 12.1. The summed E-state index contributed by atoms with van der Waals surface area (Å²) in [6.45, 7) is 4.23. The van der Waals surface area contributed by atoms with E-state index in [0.29, 0.717) is 15.7 Å². The topological polar surface area (TPSA) is 29.9 Å². The van der Waals surface area contributed by atoms with Crippen LogP contribution in [-0.4, -0.2) is 16.7 Å². The Morgan fingerprint density at radius 1 is 1.39 bits per heavy atom. The molecule has 0 unspecified atom stereocenters. The largest absolute Gasteiger partial charge is 0.497 e. The minimum atomic E-state index is 0.347. The Kier molecular flexibility index (Phi) is 3.78. The Hall–Kier alpha value is -1.26. The van der Waals surface area contributed by atoms with Crippen LogP contribution in [-0.2, 0) is 0 Å². The van der Waals surface area contributed by atoms with Crippen LogP contribution in [0.5, 0.6) is 5.75 Å². The Morgan fingerprint density at radius 3 is 2.72 bits per heavy atom. The summed E-state index contributed by atoms with van der Waals surface area (Å²) < 4.78 is 7.81. The molecule has 96 valence electrons. The van der Waals surface area contributed by atoms with Gasteiger partial charge in [0.1, 0.15) is 5.75 Å². The number of hydrogen-bond acceptors (Lipinski definition) is 2. The maximum atomic E-state index is 6.26. The second-order valence-corrected chi connectivity index (χ2v) is 5.12. The standard InChI is InChI=1S/C13H15ClN2OS/c1-8(2)12-7-15-13(18)16(12)11-6-9(17-3)4-5-10(11)14/h4-8H,1-3H3,(H,15,18). The molecule has 0 saturated heterocycles. The number of imidazole rings is 1. The van der Waals surface area contributed by atoms with Crippen LogP contribution < -0.4 is 4.74 Å². The Bertz CT molecular complexity index is 616. The van der Waals surface area contributed by atoms with Crippen LogP contribution in [0.2, 0.25) is 5.02 Å². The normalized spacial score (nSPS) is 10.9. The van der Waals surface area contributed by atoms with Gasteiger partial charge in [0, 0.05) is 18.0 Å². The molecule has 1 heterocycles. The fourth-order valence-corrected chi connectivity index (χ4v) is 2.31. The number of aromatic nitrogens is 2. The first kappa shape index (κ1) is 13.2. The maximum absolute atomic E-state index is 6.26. The molecule has 0 bridgehead atoms. The highest BCUT2D eigenvalue weighted by atomic mass is 35.5. The average molecular weight is 283 g/mol. The number of benzene rings is 1. The minimum Gasteiger partial charge on any atom is -0.497 e. The quantitative estimate of drug-likeness (QED) is 0.850. The number of halogens is 1. The van der Waals surface area contributed by atoms with Crippen LogP contribution in [0.1, 0.15) is 25.5 Å². The molecule has 0 fully saturated rings. The summed E-state index contributed by atoms with van der Waals surface area (Å²) in [6, 6.07) is 5.53. The van der Waals surface area contributed by atoms with Crippen molar-refractivity contribution >= 4 is 23.8 Å². The van der Waals surface area contributed by atoms with Gasteiger partial charge in [-0.3, -0.25) is 4.57 Å². The SMILES string of the molecule is COc1ccc(Cl)c(-n2c(C(C)C)c[nH]c2=S)c1. The lowest BCUT2D eigenvalue weighted by Gasteiger charge is -2.13. The molecule has 0 spiro atoms.